The van der Waals surface area contributed by atoms with Gasteiger partial charge in [0.15, 0.2) is 0 Å². The largest absolute Gasteiger partial charge is 0.405 e. The molecule has 2 aromatic rings. The molecular formula is C13H12ClN3. The molecule has 0 saturated carbocycles. The van der Waals surface area contributed by atoms with Gasteiger partial charge < -0.3 is 10.7 Å². The number of nitrogens with one attached hydrogen (secondary N) is 1. The molecule has 1 aromatic carbocycles. The highest BCUT2D eigenvalue weighted by Gasteiger charge is 2.07. The summed E-state index contributed by atoms with van der Waals surface area (Å²) in [6.45, 7) is 3.56. The molecule has 0 aliphatic heterocycles. The number of nitrogens with zero attached hydrogens (tertiary/aromatic N) is 1. The maximum absolute atomic E-state index is 5.71. The van der Waals surface area contributed by atoms with Crippen LogP contribution in [0.15, 0.2) is 59.5 Å². The van der Waals surface area contributed by atoms with E-state index in [0.717, 1.165) is 16.5 Å². The van der Waals surface area contributed by atoms with Crippen molar-refractivity contribution in [1.82, 2.24) is 4.98 Å². The summed E-state index contributed by atoms with van der Waals surface area (Å²) >= 11 is 5.71. The monoisotopic (exact) mass is 245 g/mol. The lowest BCUT2D eigenvalue weighted by Gasteiger charge is -1.99. The predicted molar refractivity (Wildman–Crippen MR) is 73.2 cm³/mol. The molecule has 17 heavy (non-hydrogen) atoms. The van der Waals surface area contributed by atoms with Crippen LogP contribution in [0.1, 0.15) is 5.56 Å². The molecule has 2 rings (SSSR count). The van der Waals surface area contributed by atoms with Gasteiger partial charge in [0.05, 0.1) is 5.71 Å². The summed E-state index contributed by atoms with van der Waals surface area (Å²) in [6.07, 6.45) is 5.01. The number of benzene rings is 1. The number of allylic oxidation sites excluding steroid dienone is 1. The van der Waals surface area contributed by atoms with Crippen LogP contribution in [0.2, 0.25) is 0 Å². The number of fused-ring (bicyclic) bond motifs is 1. The highest BCUT2D eigenvalue weighted by atomic mass is 35.5. The fourth-order valence-electron chi connectivity index (χ4n) is 1.69. The molecule has 86 valence electrons. The second-order valence-corrected chi connectivity index (χ2v) is 3.92. The molecular weight excluding hydrogens is 234 g/mol. The number of hydrogen-bond donors (Lipinski definition) is 2. The Bertz CT molecular complexity index is 608. The quantitative estimate of drug-likeness (QED) is 0.634. The van der Waals surface area contributed by atoms with E-state index in [1.807, 2.05) is 30.5 Å². The smallest absolute Gasteiger partial charge is 0.122 e. The molecule has 1 heterocycles. The van der Waals surface area contributed by atoms with Crippen LogP contribution in [0.5, 0.6) is 0 Å². The van der Waals surface area contributed by atoms with Gasteiger partial charge in [-0.15, -0.1) is 0 Å². The molecule has 4 heteroatoms. The lowest BCUT2D eigenvalue weighted by Crippen LogP contribution is -1.97. The third kappa shape index (κ3) is 2.40. The van der Waals surface area contributed by atoms with Crippen molar-refractivity contribution in [2.24, 2.45) is 10.7 Å². The minimum atomic E-state index is 0.225. The first kappa shape index (κ1) is 11.5. The lowest BCUT2D eigenvalue weighted by atomic mass is 10.1. The van der Waals surface area contributed by atoms with Crippen molar-refractivity contribution < 1.29 is 0 Å². The minimum Gasteiger partial charge on any atom is -0.405 e. The Morgan fingerprint density at radius 2 is 2.18 bits per heavy atom. The second-order valence-electron chi connectivity index (χ2n) is 3.48. The van der Waals surface area contributed by atoms with Crippen LogP contribution in [-0.2, 0) is 0 Å². The average Bonchev–Trinajstić information content (AvgIpc) is 2.71. The number of nitrogens with two attached hydrogens (primary N) is 1. The zero-order chi connectivity index (χ0) is 12.3. The standard InChI is InChI=1S/C13H12ClN3/c1-9(14)17-13(6-7-15)11-8-16-12-5-3-2-4-10(11)12/h2-8,16H,1,15H2/b7-6-,17-13+. The molecule has 1 aromatic heterocycles. The Balaban J connectivity index is 2.61. The van der Waals surface area contributed by atoms with E-state index < -0.39 is 0 Å². The first-order valence-electron chi connectivity index (χ1n) is 5.10. The Morgan fingerprint density at radius 1 is 1.41 bits per heavy atom. The molecule has 0 atom stereocenters. The summed E-state index contributed by atoms with van der Waals surface area (Å²) in [5.74, 6) is 0. The van der Waals surface area contributed by atoms with Gasteiger partial charge in [-0.2, -0.15) is 0 Å². The van der Waals surface area contributed by atoms with Crippen molar-refractivity contribution in [2.75, 3.05) is 0 Å². The van der Waals surface area contributed by atoms with Crippen LogP contribution in [0.25, 0.3) is 10.9 Å². The number of halogens is 1. The van der Waals surface area contributed by atoms with Crippen molar-refractivity contribution in [3.8, 4) is 0 Å². The molecule has 0 radical (unpaired) electrons. The molecule has 3 nitrogen and oxygen atoms in total. The van der Waals surface area contributed by atoms with Gasteiger partial charge in [0, 0.05) is 22.7 Å². The van der Waals surface area contributed by atoms with E-state index >= 15 is 0 Å². The van der Waals surface area contributed by atoms with Crippen LogP contribution in [-0.4, -0.2) is 10.7 Å². The highest BCUT2D eigenvalue weighted by molar-refractivity contribution is 6.30. The van der Waals surface area contributed by atoms with Crippen molar-refractivity contribution in [3.05, 3.63) is 60.0 Å². The van der Waals surface area contributed by atoms with Crippen molar-refractivity contribution in [2.45, 2.75) is 0 Å². The van der Waals surface area contributed by atoms with Gasteiger partial charge in [-0.05, 0) is 18.3 Å². The minimum absolute atomic E-state index is 0.225. The molecule has 0 bridgehead atoms. The van der Waals surface area contributed by atoms with E-state index in [2.05, 4.69) is 16.6 Å². The average molecular weight is 246 g/mol. The molecule has 0 aliphatic rings. The van der Waals surface area contributed by atoms with Crippen LogP contribution >= 0.6 is 11.6 Å². The Morgan fingerprint density at radius 3 is 2.88 bits per heavy atom. The van der Waals surface area contributed by atoms with Crippen LogP contribution in [0, 0.1) is 0 Å². The van der Waals surface area contributed by atoms with Crippen LogP contribution in [0.3, 0.4) is 0 Å². The summed E-state index contributed by atoms with van der Waals surface area (Å²) in [5, 5.41) is 1.30. The van der Waals surface area contributed by atoms with E-state index in [1.165, 1.54) is 6.20 Å². The summed E-state index contributed by atoms with van der Waals surface area (Å²) in [4.78, 5) is 7.33. The van der Waals surface area contributed by atoms with E-state index in [4.69, 9.17) is 17.3 Å². The summed E-state index contributed by atoms with van der Waals surface area (Å²) in [6, 6.07) is 7.95. The molecule has 0 aliphatic carbocycles. The van der Waals surface area contributed by atoms with Crippen LogP contribution < -0.4 is 5.73 Å². The lowest BCUT2D eigenvalue weighted by molar-refractivity contribution is 1.45. The number of aromatic amines is 1. The summed E-state index contributed by atoms with van der Waals surface area (Å²) < 4.78 is 0. The topological polar surface area (TPSA) is 54.2 Å². The Hall–Kier alpha value is -2.00. The SMILES string of the molecule is C=C(Cl)/N=C(\C=C/N)c1c[nH]c2ccccc12. The van der Waals surface area contributed by atoms with Crippen molar-refractivity contribution >= 4 is 28.2 Å². The molecule has 3 N–H and O–H groups in total. The van der Waals surface area contributed by atoms with Gasteiger partial charge in [0.2, 0.25) is 0 Å². The number of aromatic nitrogens is 1. The maximum Gasteiger partial charge on any atom is 0.122 e. The van der Waals surface area contributed by atoms with E-state index in [1.54, 1.807) is 6.08 Å². The van der Waals surface area contributed by atoms with Gasteiger partial charge in [0.25, 0.3) is 0 Å². The van der Waals surface area contributed by atoms with Crippen molar-refractivity contribution in [1.29, 1.82) is 0 Å². The Kier molecular flexibility index (Phi) is 3.30. The third-order valence-corrected chi connectivity index (χ3v) is 2.45. The van der Waals surface area contributed by atoms with Crippen LogP contribution in [0.4, 0.5) is 0 Å². The molecule has 0 saturated heterocycles. The first-order chi connectivity index (χ1) is 8.22. The number of H-pyrrole nitrogens is 1. The van der Waals surface area contributed by atoms with Gasteiger partial charge >= 0.3 is 0 Å². The van der Waals surface area contributed by atoms with E-state index in [9.17, 15) is 0 Å². The summed E-state index contributed by atoms with van der Waals surface area (Å²) in [5.41, 5.74) is 8.09. The number of rotatable bonds is 3. The highest BCUT2D eigenvalue weighted by Crippen LogP contribution is 2.20. The normalized spacial score (nSPS) is 12.4. The Labute approximate surface area is 104 Å². The third-order valence-electron chi connectivity index (χ3n) is 2.36. The zero-order valence-electron chi connectivity index (χ0n) is 9.15. The molecule has 0 fully saturated rings. The fraction of sp³-hybridized carbons (Fsp3) is 0. The molecule has 0 amide bonds. The molecule has 0 spiro atoms. The van der Waals surface area contributed by atoms with Gasteiger partial charge in [-0.3, -0.25) is 0 Å². The summed E-state index contributed by atoms with van der Waals surface area (Å²) in [7, 11) is 0. The first-order valence-corrected chi connectivity index (χ1v) is 5.48. The van der Waals surface area contributed by atoms with Crippen molar-refractivity contribution in [3.63, 3.8) is 0 Å². The zero-order valence-corrected chi connectivity index (χ0v) is 9.91. The van der Waals surface area contributed by atoms with Gasteiger partial charge in [0.1, 0.15) is 5.16 Å². The van der Waals surface area contributed by atoms with Gasteiger partial charge in [-0.25, -0.2) is 4.99 Å². The predicted octanol–water partition coefficient (Wildman–Crippen LogP) is 3.14. The molecule has 0 unspecified atom stereocenters. The fourth-order valence-corrected chi connectivity index (χ4v) is 1.78. The number of aliphatic imine (C=N–C) groups is 1. The van der Waals surface area contributed by atoms with E-state index in [-0.39, 0.29) is 5.16 Å². The second kappa shape index (κ2) is 4.89. The van der Waals surface area contributed by atoms with E-state index in [0.29, 0.717) is 5.71 Å². The number of hydrogen-bond acceptors (Lipinski definition) is 2. The maximum atomic E-state index is 5.71. The van der Waals surface area contributed by atoms with Gasteiger partial charge in [-0.1, -0.05) is 36.4 Å². The number of para-hydroxylation sites is 1.